The summed E-state index contributed by atoms with van der Waals surface area (Å²) in [7, 11) is 0. The van der Waals surface area contributed by atoms with E-state index in [0.29, 0.717) is 24.5 Å². The molecule has 2 aromatic rings. The van der Waals surface area contributed by atoms with E-state index in [0.717, 1.165) is 22.4 Å². The number of halogens is 1. The molecule has 164 valence electrons. The molecule has 0 spiro atoms. The van der Waals surface area contributed by atoms with Crippen LogP contribution in [0.1, 0.15) is 42.6 Å². The van der Waals surface area contributed by atoms with Gasteiger partial charge >= 0.3 is 0 Å². The van der Waals surface area contributed by atoms with Gasteiger partial charge in [0.05, 0.1) is 38.6 Å². The van der Waals surface area contributed by atoms with Crippen molar-refractivity contribution in [2.75, 3.05) is 26.4 Å². The highest BCUT2D eigenvalue weighted by molar-refractivity contribution is 6.31. The predicted molar refractivity (Wildman–Crippen MR) is 114 cm³/mol. The summed E-state index contributed by atoms with van der Waals surface area (Å²) in [6.45, 7) is 1.98. The minimum Gasteiger partial charge on any atom is -0.494 e. The third kappa shape index (κ3) is 5.72. The van der Waals surface area contributed by atoms with Crippen LogP contribution in [0, 0.1) is 0 Å². The van der Waals surface area contributed by atoms with E-state index in [9.17, 15) is 10.2 Å². The molecule has 1 heterocycles. The van der Waals surface area contributed by atoms with Gasteiger partial charge in [0.25, 0.3) is 0 Å². The minimum absolute atomic E-state index is 0.0175. The van der Waals surface area contributed by atoms with Crippen LogP contribution >= 0.6 is 11.6 Å². The zero-order valence-electron chi connectivity index (χ0n) is 17.1. The van der Waals surface area contributed by atoms with E-state index < -0.39 is 24.6 Å². The Labute approximate surface area is 182 Å². The van der Waals surface area contributed by atoms with Crippen molar-refractivity contribution >= 4 is 11.6 Å². The molecule has 1 aliphatic rings. The fourth-order valence-electron chi connectivity index (χ4n) is 3.74. The van der Waals surface area contributed by atoms with E-state index in [1.54, 1.807) is 0 Å². The lowest BCUT2D eigenvalue weighted by molar-refractivity contribution is -0.312. The van der Waals surface area contributed by atoms with Crippen LogP contribution < -0.4 is 4.74 Å². The molecule has 7 heteroatoms. The number of benzene rings is 2. The Hall–Kier alpha value is -1.67. The Balaban J connectivity index is 1.79. The molecule has 6 nitrogen and oxygen atoms in total. The first kappa shape index (κ1) is 23.0. The van der Waals surface area contributed by atoms with Gasteiger partial charge < -0.3 is 29.5 Å². The second-order valence-corrected chi connectivity index (χ2v) is 7.85. The van der Waals surface area contributed by atoms with Crippen molar-refractivity contribution in [3.05, 3.63) is 64.2 Å². The molecule has 3 atom stereocenters. The van der Waals surface area contributed by atoms with Crippen molar-refractivity contribution in [1.82, 2.24) is 0 Å². The van der Waals surface area contributed by atoms with Crippen LogP contribution in [0.15, 0.2) is 42.5 Å². The van der Waals surface area contributed by atoms with Gasteiger partial charge in [0.2, 0.25) is 0 Å². The van der Waals surface area contributed by atoms with Gasteiger partial charge in [-0.2, -0.15) is 0 Å². The standard InChI is InChI=1S/C23H29ClO6/c1-2-28-20-6-3-16(4-7-20)11-18-12-17(5-8-21(18)24)22-13-19(27)14-23(15-26,30-22)29-10-9-25/h3-8,12,19,22,25-27H,2,9-11,13-15H2,1H3/t19-,22-,23-/m1/s1. The van der Waals surface area contributed by atoms with Gasteiger partial charge in [-0.15, -0.1) is 0 Å². The molecule has 1 saturated heterocycles. The van der Waals surface area contributed by atoms with Gasteiger partial charge in [-0.05, 0) is 48.2 Å². The smallest absolute Gasteiger partial charge is 0.194 e. The largest absolute Gasteiger partial charge is 0.494 e. The highest BCUT2D eigenvalue weighted by atomic mass is 35.5. The maximum absolute atomic E-state index is 10.4. The predicted octanol–water partition coefficient (Wildman–Crippen LogP) is 3.24. The van der Waals surface area contributed by atoms with E-state index in [4.69, 9.17) is 30.9 Å². The summed E-state index contributed by atoms with van der Waals surface area (Å²) < 4.78 is 17.1. The maximum Gasteiger partial charge on any atom is 0.194 e. The topological polar surface area (TPSA) is 88.4 Å². The Morgan fingerprint density at radius 1 is 1.17 bits per heavy atom. The van der Waals surface area contributed by atoms with Gasteiger partial charge in [0, 0.05) is 17.9 Å². The van der Waals surface area contributed by atoms with Crippen LogP contribution in [-0.4, -0.2) is 53.6 Å². The summed E-state index contributed by atoms with van der Waals surface area (Å²) in [5.41, 5.74) is 2.88. The number of aliphatic hydroxyl groups is 3. The maximum atomic E-state index is 10.4. The van der Waals surface area contributed by atoms with E-state index >= 15 is 0 Å². The highest BCUT2D eigenvalue weighted by Crippen LogP contribution is 2.39. The molecule has 0 saturated carbocycles. The van der Waals surface area contributed by atoms with Crippen molar-refractivity contribution in [1.29, 1.82) is 0 Å². The lowest BCUT2D eigenvalue weighted by atomic mass is 9.92. The summed E-state index contributed by atoms with van der Waals surface area (Å²) in [5.74, 6) is -0.506. The molecule has 3 N–H and O–H groups in total. The van der Waals surface area contributed by atoms with Gasteiger partial charge in [-0.1, -0.05) is 35.9 Å². The molecule has 0 bridgehead atoms. The molecule has 0 aliphatic carbocycles. The van der Waals surface area contributed by atoms with Crippen LogP contribution in [-0.2, 0) is 15.9 Å². The van der Waals surface area contributed by atoms with E-state index in [2.05, 4.69) is 0 Å². The first-order chi connectivity index (χ1) is 14.5. The summed E-state index contributed by atoms with van der Waals surface area (Å²) in [6, 6.07) is 13.5. The monoisotopic (exact) mass is 436 g/mol. The van der Waals surface area contributed by atoms with Gasteiger partial charge in [0.1, 0.15) is 5.75 Å². The van der Waals surface area contributed by atoms with E-state index in [-0.39, 0.29) is 19.6 Å². The molecule has 1 fully saturated rings. The molecule has 30 heavy (non-hydrogen) atoms. The van der Waals surface area contributed by atoms with Crippen LogP contribution in [0.2, 0.25) is 5.02 Å². The Kier molecular flexibility index (Phi) is 8.11. The molecule has 0 aromatic heterocycles. The van der Waals surface area contributed by atoms with Crippen molar-refractivity contribution in [3.8, 4) is 5.75 Å². The van der Waals surface area contributed by atoms with E-state index in [1.807, 2.05) is 49.4 Å². The third-order valence-electron chi connectivity index (χ3n) is 5.16. The number of hydrogen-bond acceptors (Lipinski definition) is 6. The van der Waals surface area contributed by atoms with Crippen molar-refractivity contribution < 1.29 is 29.5 Å². The van der Waals surface area contributed by atoms with Crippen LogP contribution in [0.5, 0.6) is 5.75 Å². The average Bonchev–Trinajstić information content (AvgIpc) is 2.75. The second-order valence-electron chi connectivity index (χ2n) is 7.45. The lowest BCUT2D eigenvalue weighted by Gasteiger charge is -2.42. The number of hydrogen-bond donors (Lipinski definition) is 3. The fraction of sp³-hybridized carbons (Fsp3) is 0.478. The number of ether oxygens (including phenoxy) is 3. The molecule has 0 amide bonds. The molecule has 0 unspecified atom stereocenters. The van der Waals surface area contributed by atoms with Crippen LogP contribution in [0.25, 0.3) is 0 Å². The summed E-state index contributed by atoms with van der Waals surface area (Å²) >= 11 is 6.44. The van der Waals surface area contributed by atoms with Gasteiger partial charge in [-0.25, -0.2) is 0 Å². The normalized spacial score (nSPS) is 24.0. The molecular weight excluding hydrogens is 408 g/mol. The van der Waals surface area contributed by atoms with E-state index in [1.165, 1.54) is 0 Å². The van der Waals surface area contributed by atoms with Crippen LogP contribution in [0.4, 0.5) is 0 Å². The summed E-state index contributed by atoms with van der Waals surface area (Å²) in [5, 5.41) is 29.9. The summed E-state index contributed by atoms with van der Waals surface area (Å²) in [6.07, 6.45) is 0.0115. The quantitative estimate of drug-likeness (QED) is 0.559. The molecule has 2 aromatic carbocycles. The Bertz CT molecular complexity index is 812. The Morgan fingerprint density at radius 3 is 2.60 bits per heavy atom. The van der Waals surface area contributed by atoms with Crippen molar-refractivity contribution in [3.63, 3.8) is 0 Å². The molecule has 1 aliphatic heterocycles. The minimum atomic E-state index is -1.33. The Morgan fingerprint density at radius 2 is 1.93 bits per heavy atom. The average molecular weight is 437 g/mol. The molecule has 0 radical (unpaired) electrons. The number of aliphatic hydroxyl groups excluding tert-OH is 3. The van der Waals surface area contributed by atoms with Gasteiger partial charge in [-0.3, -0.25) is 0 Å². The first-order valence-electron chi connectivity index (χ1n) is 10.2. The van der Waals surface area contributed by atoms with Crippen molar-refractivity contribution in [2.24, 2.45) is 0 Å². The second kappa shape index (κ2) is 10.6. The number of rotatable bonds is 9. The zero-order chi connectivity index (χ0) is 21.6. The molecule has 3 rings (SSSR count). The third-order valence-corrected chi connectivity index (χ3v) is 5.53. The first-order valence-corrected chi connectivity index (χ1v) is 10.6. The fourth-order valence-corrected chi connectivity index (χ4v) is 3.93. The lowest BCUT2D eigenvalue weighted by Crippen LogP contribution is -2.48. The summed E-state index contributed by atoms with van der Waals surface area (Å²) in [4.78, 5) is 0. The molecular formula is C23H29ClO6. The zero-order valence-corrected chi connectivity index (χ0v) is 17.8. The SMILES string of the molecule is CCOc1ccc(Cc2cc([C@H]3C[C@@H](O)C[C@@](CO)(OCCO)O3)ccc2Cl)cc1. The van der Waals surface area contributed by atoms with Crippen molar-refractivity contribution in [2.45, 2.75) is 44.2 Å². The van der Waals surface area contributed by atoms with Gasteiger partial charge in [0.15, 0.2) is 5.79 Å². The van der Waals surface area contributed by atoms with Crippen LogP contribution in [0.3, 0.4) is 0 Å². The highest BCUT2D eigenvalue weighted by Gasteiger charge is 2.42.